The summed E-state index contributed by atoms with van der Waals surface area (Å²) in [5.41, 5.74) is 5.39. The smallest absolute Gasteiger partial charge is 0.236 e. The van der Waals surface area contributed by atoms with Crippen molar-refractivity contribution in [1.29, 1.82) is 0 Å². The van der Waals surface area contributed by atoms with Crippen LogP contribution in [-0.2, 0) is 11.3 Å². The number of nitrogens with zero attached hydrogens (tertiary/aromatic N) is 1. The van der Waals surface area contributed by atoms with E-state index in [1.807, 2.05) is 12.1 Å². The molecule has 4 nitrogen and oxygen atoms in total. The van der Waals surface area contributed by atoms with E-state index in [-0.39, 0.29) is 12.5 Å². The molecule has 0 aliphatic heterocycles. The summed E-state index contributed by atoms with van der Waals surface area (Å²) in [6.45, 7) is 5.57. The van der Waals surface area contributed by atoms with Gasteiger partial charge < -0.3 is 15.1 Å². The highest BCUT2D eigenvalue weighted by Gasteiger charge is 2.13. The fraction of sp³-hybridized carbons (Fsp3) is 0.583. The van der Waals surface area contributed by atoms with Gasteiger partial charge in [0.15, 0.2) is 0 Å². The average molecular weight is 224 g/mol. The molecule has 4 heteroatoms. The Hall–Kier alpha value is -1.29. The minimum absolute atomic E-state index is 0.0305. The van der Waals surface area contributed by atoms with Crippen LogP contribution in [0.25, 0.3) is 0 Å². The van der Waals surface area contributed by atoms with Crippen molar-refractivity contribution in [2.24, 2.45) is 11.7 Å². The highest BCUT2D eigenvalue weighted by molar-refractivity contribution is 5.77. The SMILES string of the molecule is CC(C)CCN(Cc1ccco1)C(=O)CN. The Balaban J connectivity index is 2.53. The summed E-state index contributed by atoms with van der Waals surface area (Å²) in [6.07, 6.45) is 2.59. The van der Waals surface area contributed by atoms with Gasteiger partial charge in [-0.2, -0.15) is 0 Å². The summed E-state index contributed by atoms with van der Waals surface area (Å²) in [5.74, 6) is 1.34. The zero-order valence-corrected chi connectivity index (χ0v) is 9.98. The fourth-order valence-electron chi connectivity index (χ4n) is 1.43. The van der Waals surface area contributed by atoms with E-state index in [0.717, 1.165) is 18.7 Å². The Morgan fingerprint density at radius 1 is 1.56 bits per heavy atom. The molecule has 90 valence electrons. The van der Waals surface area contributed by atoms with Gasteiger partial charge in [0.2, 0.25) is 5.91 Å². The molecule has 1 heterocycles. The zero-order chi connectivity index (χ0) is 12.0. The number of hydrogen-bond acceptors (Lipinski definition) is 3. The molecule has 0 saturated heterocycles. The van der Waals surface area contributed by atoms with Crippen molar-refractivity contribution in [2.45, 2.75) is 26.8 Å². The van der Waals surface area contributed by atoms with Crippen molar-refractivity contribution in [3.8, 4) is 0 Å². The lowest BCUT2D eigenvalue weighted by Gasteiger charge is -2.21. The number of amides is 1. The van der Waals surface area contributed by atoms with Crippen LogP contribution in [0.3, 0.4) is 0 Å². The summed E-state index contributed by atoms with van der Waals surface area (Å²) in [6, 6.07) is 3.69. The van der Waals surface area contributed by atoms with Gasteiger partial charge in [-0.05, 0) is 24.5 Å². The molecule has 0 aliphatic rings. The molecule has 0 saturated carbocycles. The van der Waals surface area contributed by atoms with E-state index in [0.29, 0.717) is 12.5 Å². The van der Waals surface area contributed by atoms with Crippen LogP contribution < -0.4 is 5.73 Å². The summed E-state index contributed by atoms with van der Waals surface area (Å²) in [4.78, 5) is 13.4. The maximum absolute atomic E-state index is 11.6. The highest BCUT2D eigenvalue weighted by Crippen LogP contribution is 2.08. The summed E-state index contributed by atoms with van der Waals surface area (Å²) < 4.78 is 5.23. The first-order valence-electron chi connectivity index (χ1n) is 5.63. The van der Waals surface area contributed by atoms with Crippen LogP contribution in [0, 0.1) is 5.92 Å². The molecule has 0 spiro atoms. The number of carbonyl (C=O) groups excluding carboxylic acids is 1. The molecule has 2 N–H and O–H groups in total. The van der Waals surface area contributed by atoms with Crippen LogP contribution in [0.4, 0.5) is 0 Å². The van der Waals surface area contributed by atoms with E-state index in [1.165, 1.54) is 0 Å². The van der Waals surface area contributed by atoms with Gasteiger partial charge in [0, 0.05) is 6.54 Å². The fourth-order valence-corrected chi connectivity index (χ4v) is 1.43. The predicted molar refractivity (Wildman–Crippen MR) is 62.6 cm³/mol. The quantitative estimate of drug-likeness (QED) is 0.798. The molecule has 0 aromatic carbocycles. The molecule has 0 bridgehead atoms. The first-order chi connectivity index (χ1) is 7.63. The molecule has 1 aromatic rings. The minimum atomic E-state index is -0.0305. The van der Waals surface area contributed by atoms with Crippen molar-refractivity contribution in [2.75, 3.05) is 13.1 Å². The molecule has 1 aromatic heterocycles. The Morgan fingerprint density at radius 3 is 2.81 bits per heavy atom. The van der Waals surface area contributed by atoms with Crippen LogP contribution in [0.2, 0.25) is 0 Å². The van der Waals surface area contributed by atoms with Gasteiger partial charge in [0.05, 0.1) is 19.4 Å². The lowest BCUT2D eigenvalue weighted by molar-refractivity contribution is -0.130. The normalized spacial score (nSPS) is 10.8. The highest BCUT2D eigenvalue weighted by atomic mass is 16.3. The van der Waals surface area contributed by atoms with Crippen LogP contribution in [-0.4, -0.2) is 23.9 Å². The topological polar surface area (TPSA) is 59.5 Å². The van der Waals surface area contributed by atoms with Gasteiger partial charge in [-0.25, -0.2) is 0 Å². The maximum atomic E-state index is 11.6. The van der Waals surface area contributed by atoms with Gasteiger partial charge in [0.25, 0.3) is 0 Å². The van der Waals surface area contributed by atoms with Crippen molar-refractivity contribution < 1.29 is 9.21 Å². The van der Waals surface area contributed by atoms with E-state index in [9.17, 15) is 4.79 Å². The van der Waals surface area contributed by atoms with Crippen LogP contribution >= 0.6 is 0 Å². The van der Waals surface area contributed by atoms with Crippen molar-refractivity contribution in [3.05, 3.63) is 24.2 Å². The minimum Gasteiger partial charge on any atom is -0.467 e. The summed E-state index contributed by atoms with van der Waals surface area (Å²) in [7, 11) is 0. The molecule has 0 radical (unpaired) electrons. The Labute approximate surface area is 96.4 Å². The Morgan fingerprint density at radius 2 is 2.31 bits per heavy atom. The molecule has 16 heavy (non-hydrogen) atoms. The molecule has 0 aliphatic carbocycles. The monoisotopic (exact) mass is 224 g/mol. The lowest BCUT2D eigenvalue weighted by Crippen LogP contribution is -2.36. The Bertz CT molecular complexity index is 307. The third-order valence-electron chi connectivity index (χ3n) is 2.43. The Kier molecular flexibility index (Phi) is 5.05. The maximum Gasteiger partial charge on any atom is 0.236 e. The number of carbonyl (C=O) groups is 1. The number of rotatable bonds is 6. The van der Waals surface area contributed by atoms with E-state index < -0.39 is 0 Å². The van der Waals surface area contributed by atoms with Crippen molar-refractivity contribution in [1.82, 2.24) is 4.90 Å². The number of hydrogen-bond donors (Lipinski definition) is 1. The first-order valence-corrected chi connectivity index (χ1v) is 5.63. The van der Waals surface area contributed by atoms with E-state index in [1.54, 1.807) is 11.2 Å². The van der Waals surface area contributed by atoms with Crippen LogP contribution in [0.1, 0.15) is 26.0 Å². The molecule has 1 amide bonds. The lowest BCUT2D eigenvalue weighted by atomic mass is 10.1. The molecular formula is C12H20N2O2. The van der Waals surface area contributed by atoms with Crippen molar-refractivity contribution in [3.63, 3.8) is 0 Å². The summed E-state index contributed by atoms with van der Waals surface area (Å²) in [5, 5.41) is 0. The standard InChI is InChI=1S/C12H20N2O2/c1-10(2)5-6-14(12(15)8-13)9-11-4-3-7-16-11/h3-4,7,10H,5-6,8-9,13H2,1-2H3. The first kappa shape index (κ1) is 12.8. The van der Waals surface area contributed by atoms with E-state index in [4.69, 9.17) is 10.2 Å². The molecule has 0 unspecified atom stereocenters. The van der Waals surface area contributed by atoms with E-state index >= 15 is 0 Å². The summed E-state index contributed by atoms with van der Waals surface area (Å²) >= 11 is 0. The molecule has 0 atom stereocenters. The third-order valence-corrected chi connectivity index (χ3v) is 2.43. The van der Waals surface area contributed by atoms with Gasteiger partial charge in [-0.3, -0.25) is 4.79 Å². The second-order valence-corrected chi connectivity index (χ2v) is 4.28. The van der Waals surface area contributed by atoms with Gasteiger partial charge in [-0.15, -0.1) is 0 Å². The zero-order valence-electron chi connectivity index (χ0n) is 9.98. The molecule has 1 rings (SSSR count). The second-order valence-electron chi connectivity index (χ2n) is 4.28. The van der Waals surface area contributed by atoms with Crippen molar-refractivity contribution >= 4 is 5.91 Å². The van der Waals surface area contributed by atoms with E-state index in [2.05, 4.69) is 13.8 Å². The van der Waals surface area contributed by atoms with Gasteiger partial charge >= 0.3 is 0 Å². The average Bonchev–Trinajstić information content (AvgIpc) is 2.75. The largest absolute Gasteiger partial charge is 0.467 e. The number of furan rings is 1. The molecule has 0 fully saturated rings. The van der Waals surface area contributed by atoms with Gasteiger partial charge in [0.1, 0.15) is 5.76 Å². The molecular weight excluding hydrogens is 204 g/mol. The predicted octanol–water partition coefficient (Wildman–Crippen LogP) is 1.61. The van der Waals surface area contributed by atoms with Gasteiger partial charge in [-0.1, -0.05) is 13.8 Å². The number of nitrogens with two attached hydrogens (primary N) is 1. The second kappa shape index (κ2) is 6.33. The van der Waals surface area contributed by atoms with Crippen LogP contribution in [0.15, 0.2) is 22.8 Å². The van der Waals surface area contributed by atoms with Crippen LogP contribution in [0.5, 0.6) is 0 Å². The third kappa shape index (κ3) is 4.06.